The largest absolute Gasteiger partial charge is 0.481 e. The lowest BCUT2D eigenvalue weighted by molar-refractivity contribution is -0.143. The van der Waals surface area contributed by atoms with Gasteiger partial charge in [0, 0.05) is 6.54 Å². The number of hydrogen-bond donors (Lipinski definition) is 2. The van der Waals surface area contributed by atoms with Gasteiger partial charge in [0.2, 0.25) is 0 Å². The lowest BCUT2D eigenvalue weighted by Crippen LogP contribution is -2.46. The van der Waals surface area contributed by atoms with Crippen LogP contribution in [0.5, 0.6) is 0 Å². The molecule has 0 aliphatic rings. The van der Waals surface area contributed by atoms with E-state index in [0.29, 0.717) is 23.3 Å². The number of carbonyl (C=O) groups is 2. The van der Waals surface area contributed by atoms with Gasteiger partial charge in [-0.1, -0.05) is 37.3 Å². The number of nitrogens with one attached hydrogen (secondary N) is 1. The monoisotopic (exact) mass is 301 g/mol. The zero-order valence-electron chi connectivity index (χ0n) is 12.6. The van der Waals surface area contributed by atoms with Gasteiger partial charge in [0.05, 0.1) is 5.56 Å². The highest BCUT2D eigenvalue weighted by atomic mass is 16.4. The normalized spacial score (nSPS) is 13.4. The molecule has 1 aromatic heterocycles. The molecule has 1 heterocycles. The molecule has 116 valence electrons. The van der Waals surface area contributed by atoms with Crippen LogP contribution in [-0.2, 0) is 10.2 Å². The molecular weight excluding hydrogens is 282 g/mol. The third kappa shape index (κ3) is 3.03. The average molecular weight is 301 g/mol. The fourth-order valence-corrected chi connectivity index (χ4v) is 2.43. The van der Waals surface area contributed by atoms with E-state index in [9.17, 15) is 14.7 Å². The number of benzene rings is 1. The van der Waals surface area contributed by atoms with Crippen LogP contribution in [0.15, 0.2) is 47.1 Å². The molecule has 5 nitrogen and oxygen atoms in total. The number of carboxylic acid groups (broad SMARTS) is 1. The van der Waals surface area contributed by atoms with Crippen LogP contribution in [0.25, 0.3) is 0 Å². The van der Waals surface area contributed by atoms with Crippen molar-refractivity contribution in [3.05, 3.63) is 59.5 Å². The molecule has 2 rings (SSSR count). The maximum Gasteiger partial charge on any atom is 0.315 e. The fourth-order valence-electron chi connectivity index (χ4n) is 2.43. The van der Waals surface area contributed by atoms with Gasteiger partial charge in [-0.05, 0) is 25.0 Å². The van der Waals surface area contributed by atoms with Crippen LogP contribution >= 0.6 is 0 Å². The van der Waals surface area contributed by atoms with Crippen LogP contribution in [0.4, 0.5) is 0 Å². The Balaban J connectivity index is 2.21. The Morgan fingerprint density at radius 1 is 1.27 bits per heavy atom. The van der Waals surface area contributed by atoms with Crippen LogP contribution in [0.1, 0.15) is 35.0 Å². The Kier molecular flexibility index (Phi) is 4.65. The minimum atomic E-state index is -1.14. The molecule has 0 saturated carbocycles. The third-order valence-electron chi connectivity index (χ3n) is 3.88. The first-order valence-corrected chi connectivity index (χ1v) is 7.12. The second kappa shape index (κ2) is 6.47. The van der Waals surface area contributed by atoms with Gasteiger partial charge >= 0.3 is 5.97 Å². The van der Waals surface area contributed by atoms with Crippen LogP contribution in [0, 0.1) is 6.92 Å². The molecule has 5 heteroatoms. The number of rotatable bonds is 6. The minimum Gasteiger partial charge on any atom is -0.481 e. The predicted molar refractivity (Wildman–Crippen MR) is 81.8 cm³/mol. The zero-order valence-corrected chi connectivity index (χ0v) is 12.6. The number of carboxylic acids is 1. The first kappa shape index (κ1) is 15.8. The van der Waals surface area contributed by atoms with Crippen molar-refractivity contribution in [2.45, 2.75) is 25.7 Å². The van der Waals surface area contributed by atoms with Crippen molar-refractivity contribution in [1.82, 2.24) is 5.32 Å². The summed E-state index contributed by atoms with van der Waals surface area (Å²) in [7, 11) is 0. The summed E-state index contributed by atoms with van der Waals surface area (Å²) in [4.78, 5) is 23.9. The van der Waals surface area contributed by atoms with Gasteiger partial charge in [-0.3, -0.25) is 9.59 Å². The van der Waals surface area contributed by atoms with E-state index in [2.05, 4.69) is 5.32 Å². The van der Waals surface area contributed by atoms with Crippen molar-refractivity contribution in [2.75, 3.05) is 6.54 Å². The number of aryl methyl sites for hydroxylation is 1. The highest BCUT2D eigenvalue weighted by Crippen LogP contribution is 2.28. The van der Waals surface area contributed by atoms with Crippen molar-refractivity contribution in [1.29, 1.82) is 0 Å². The van der Waals surface area contributed by atoms with Crippen LogP contribution < -0.4 is 5.32 Å². The van der Waals surface area contributed by atoms with Crippen molar-refractivity contribution in [2.24, 2.45) is 0 Å². The zero-order chi connectivity index (χ0) is 16.2. The van der Waals surface area contributed by atoms with E-state index in [1.807, 2.05) is 6.07 Å². The summed E-state index contributed by atoms with van der Waals surface area (Å²) in [5.74, 6) is -0.662. The minimum absolute atomic E-state index is 0.0197. The Morgan fingerprint density at radius 2 is 1.95 bits per heavy atom. The smallest absolute Gasteiger partial charge is 0.315 e. The SMILES string of the molecule is CCC(CNC(=O)c1coc(C)c1)(C(=O)O)c1ccccc1. The summed E-state index contributed by atoms with van der Waals surface area (Å²) in [5.41, 5.74) is -0.0787. The Morgan fingerprint density at radius 3 is 2.45 bits per heavy atom. The van der Waals surface area contributed by atoms with E-state index in [0.717, 1.165) is 0 Å². The summed E-state index contributed by atoms with van der Waals surface area (Å²) in [5, 5.41) is 12.4. The lowest BCUT2D eigenvalue weighted by Gasteiger charge is -2.29. The molecule has 0 bridgehead atoms. The number of hydrogen-bond acceptors (Lipinski definition) is 3. The lowest BCUT2D eigenvalue weighted by atomic mass is 9.78. The maximum absolute atomic E-state index is 12.1. The van der Waals surface area contributed by atoms with Crippen LogP contribution in [0.3, 0.4) is 0 Å². The number of aliphatic carboxylic acids is 1. The Hall–Kier alpha value is -2.56. The second-order valence-electron chi connectivity index (χ2n) is 5.24. The summed E-state index contributed by atoms with van der Waals surface area (Å²) in [6.45, 7) is 3.56. The maximum atomic E-state index is 12.1. The Bertz CT molecular complexity index is 662. The molecule has 22 heavy (non-hydrogen) atoms. The standard InChI is InChI=1S/C17H19NO4/c1-3-17(16(20)21,14-7-5-4-6-8-14)11-18-15(19)13-9-12(2)22-10-13/h4-10H,3,11H2,1-2H3,(H,18,19)(H,20,21). The average Bonchev–Trinajstić information content (AvgIpc) is 2.95. The molecule has 1 amide bonds. The fraction of sp³-hybridized carbons (Fsp3) is 0.294. The molecular formula is C17H19NO4. The van der Waals surface area contributed by atoms with Gasteiger partial charge < -0.3 is 14.8 Å². The molecule has 1 unspecified atom stereocenters. The number of furan rings is 1. The van der Waals surface area contributed by atoms with Crippen LogP contribution in [-0.4, -0.2) is 23.5 Å². The van der Waals surface area contributed by atoms with Crippen molar-refractivity contribution >= 4 is 11.9 Å². The summed E-state index contributed by atoms with van der Waals surface area (Å²) < 4.78 is 5.10. The molecule has 0 saturated heterocycles. The van der Waals surface area contributed by atoms with E-state index in [1.54, 1.807) is 44.2 Å². The van der Waals surface area contributed by atoms with Gasteiger partial charge in [0.25, 0.3) is 5.91 Å². The molecule has 0 spiro atoms. The van der Waals surface area contributed by atoms with E-state index in [1.165, 1.54) is 6.26 Å². The molecule has 1 aromatic carbocycles. The van der Waals surface area contributed by atoms with Crippen molar-refractivity contribution < 1.29 is 19.1 Å². The van der Waals surface area contributed by atoms with Gasteiger partial charge in [-0.15, -0.1) is 0 Å². The van der Waals surface area contributed by atoms with Crippen molar-refractivity contribution in [3.63, 3.8) is 0 Å². The molecule has 0 radical (unpaired) electrons. The van der Waals surface area contributed by atoms with Crippen LogP contribution in [0.2, 0.25) is 0 Å². The highest BCUT2D eigenvalue weighted by molar-refractivity contribution is 5.94. The highest BCUT2D eigenvalue weighted by Gasteiger charge is 2.39. The number of amides is 1. The van der Waals surface area contributed by atoms with Gasteiger partial charge in [-0.25, -0.2) is 0 Å². The predicted octanol–water partition coefficient (Wildman–Crippen LogP) is 2.75. The first-order chi connectivity index (χ1) is 10.5. The van der Waals surface area contributed by atoms with E-state index in [4.69, 9.17) is 4.42 Å². The van der Waals surface area contributed by atoms with E-state index >= 15 is 0 Å². The topological polar surface area (TPSA) is 79.5 Å². The van der Waals surface area contributed by atoms with Gasteiger partial charge in [0.15, 0.2) is 0 Å². The van der Waals surface area contributed by atoms with Gasteiger partial charge in [-0.2, -0.15) is 0 Å². The Labute approximate surface area is 129 Å². The summed E-state index contributed by atoms with van der Waals surface area (Å²) in [6, 6.07) is 10.6. The third-order valence-corrected chi connectivity index (χ3v) is 3.88. The number of carbonyl (C=O) groups excluding carboxylic acids is 1. The van der Waals surface area contributed by atoms with Gasteiger partial charge in [0.1, 0.15) is 17.4 Å². The first-order valence-electron chi connectivity index (χ1n) is 7.12. The molecule has 0 aliphatic carbocycles. The summed E-state index contributed by atoms with van der Waals surface area (Å²) in [6.07, 6.45) is 1.73. The molecule has 1 atom stereocenters. The quantitative estimate of drug-likeness (QED) is 0.860. The second-order valence-corrected chi connectivity index (χ2v) is 5.24. The summed E-state index contributed by atoms with van der Waals surface area (Å²) >= 11 is 0. The van der Waals surface area contributed by atoms with Crippen molar-refractivity contribution in [3.8, 4) is 0 Å². The molecule has 0 aliphatic heterocycles. The molecule has 0 fully saturated rings. The van der Waals surface area contributed by atoms with E-state index < -0.39 is 11.4 Å². The molecule has 2 aromatic rings. The van der Waals surface area contributed by atoms with E-state index in [-0.39, 0.29) is 12.5 Å². The molecule has 2 N–H and O–H groups in total.